The maximum Gasteiger partial charge on any atom is 0.101 e. The molecule has 0 aromatic heterocycles. The van der Waals surface area contributed by atoms with E-state index >= 15 is 0 Å². The van der Waals surface area contributed by atoms with Gasteiger partial charge in [0, 0.05) is 25.3 Å². The Morgan fingerprint density at radius 3 is 2.94 bits per heavy atom. The van der Waals surface area contributed by atoms with Crippen LogP contribution in [0, 0.1) is 11.3 Å². The summed E-state index contributed by atoms with van der Waals surface area (Å²) in [6, 6.07) is 7.34. The highest BCUT2D eigenvalue weighted by Crippen LogP contribution is 2.20. The second-order valence-electron chi connectivity index (χ2n) is 3.43. The largest absolute Gasteiger partial charge is 0.385 e. The molecule has 0 unspecified atom stereocenters. The van der Waals surface area contributed by atoms with Crippen LogP contribution in [0.4, 0.5) is 5.69 Å². The van der Waals surface area contributed by atoms with Gasteiger partial charge in [-0.25, -0.2) is 0 Å². The van der Waals surface area contributed by atoms with E-state index in [4.69, 9.17) is 21.6 Å². The van der Waals surface area contributed by atoms with Gasteiger partial charge in [0.05, 0.1) is 11.3 Å². The Kier molecular flexibility index (Phi) is 5.69. The Morgan fingerprint density at radius 1 is 1.44 bits per heavy atom. The van der Waals surface area contributed by atoms with Gasteiger partial charge in [0.25, 0.3) is 0 Å². The molecule has 0 amide bonds. The van der Waals surface area contributed by atoms with Crippen LogP contribution in [0.2, 0.25) is 5.02 Å². The highest BCUT2D eigenvalue weighted by molar-refractivity contribution is 6.30. The first-order valence-corrected chi connectivity index (χ1v) is 5.58. The zero-order valence-corrected chi connectivity index (χ0v) is 10.0. The van der Waals surface area contributed by atoms with E-state index in [1.807, 2.05) is 0 Å². The van der Waals surface area contributed by atoms with Crippen LogP contribution in [0.15, 0.2) is 18.2 Å². The number of methoxy groups -OCH3 is 1. The van der Waals surface area contributed by atoms with Gasteiger partial charge in [-0.1, -0.05) is 11.6 Å². The van der Waals surface area contributed by atoms with Gasteiger partial charge in [0.15, 0.2) is 0 Å². The highest BCUT2D eigenvalue weighted by atomic mass is 35.5. The van der Waals surface area contributed by atoms with E-state index in [1.165, 1.54) is 0 Å². The molecule has 1 aromatic carbocycles. The fourth-order valence-electron chi connectivity index (χ4n) is 1.35. The maximum absolute atomic E-state index is 8.90. The normalized spacial score (nSPS) is 9.81. The highest BCUT2D eigenvalue weighted by Gasteiger charge is 2.01. The van der Waals surface area contributed by atoms with Crippen LogP contribution in [0.25, 0.3) is 0 Å². The predicted octanol–water partition coefficient (Wildman–Crippen LogP) is 3.05. The van der Waals surface area contributed by atoms with E-state index in [1.54, 1.807) is 25.3 Å². The van der Waals surface area contributed by atoms with E-state index in [2.05, 4.69) is 11.4 Å². The lowest BCUT2D eigenvalue weighted by Gasteiger charge is -2.08. The minimum atomic E-state index is 0.621. The predicted molar refractivity (Wildman–Crippen MR) is 65.8 cm³/mol. The summed E-state index contributed by atoms with van der Waals surface area (Å²) in [5.74, 6) is 0. The van der Waals surface area contributed by atoms with Crippen molar-refractivity contribution in [1.29, 1.82) is 5.26 Å². The van der Waals surface area contributed by atoms with Gasteiger partial charge in [-0.15, -0.1) is 0 Å². The summed E-state index contributed by atoms with van der Waals surface area (Å²) in [4.78, 5) is 0. The Morgan fingerprint density at radius 2 is 2.25 bits per heavy atom. The van der Waals surface area contributed by atoms with Crippen LogP contribution in [0.5, 0.6) is 0 Å². The van der Waals surface area contributed by atoms with Gasteiger partial charge in [-0.3, -0.25) is 0 Å². The van der Waals surface area contributed by atoms with Crippen LogP contribution in [0.1, 0.15) is 18.4 Å². The summed E-state index contributed by atoms with van der Waals surface area (Å²) in [6.07, 6.45) is 2.01. The molecule has 0 heterocycles. The topological polar surface area (TPSA) is 45.0 Å². The van der Waals surface area contributed by atoms with Crippen LogP contribution >= 0.6 is 11.6 Å². The molecule has 1 rings (SSSR count). The molecular formula is C12H15ClN2O. The van der Waals surface area contributed by atoms with Crippen LogP contribution in [-0.2, 0) is 4.74 Å². The zero-order chi connectivity index (χ0) is 11.8. The first-order chi connectivity index (χ1) is 7.77. The third-order valence-electron chi connectivity index (χ3n) is 2.19. The fourth-order valence-corrected chi connectivity index (χ4v) is 1.53. The molecule has 1 N–H and O–H groups in total. The molecule has 16 heavy (non-hydrogen) atoms. The number of nitrogens with zero attached hydrogens (tertiary/aromatic N) is 1. The van der Waals surface area contributed by atoms with Crippen molar-refractivity contribution >= 4 is 17.3 Å². The monoisotopic (exact) mass is 238 g/mol. The fraction of sp³-hybridized carbons (Fsp3) is 0.417. The molecule has 86 valence electrons. The van der Waals surface area contributed by atoms with Crippen molar-refractivity contribution in [3.05, 3.63) is 28.8 Å². The quantitative estimate of drug-likeness (QED) is 0.775. The number of rotatable bonds is 6. The van der Waals surface area contributed by atoms with Crippen molar-refractivity contribution in [2.24, 2.45) is 0 Å². The number of benzene rings is 1. The number of hydrogen-bond donors (Lipinski definition) is 1. The Balaban J connectivity index is 2.46. The van der Waals surface area contributed by atoms with E-state index in [-0.39, 0.29) is 0 Å². The molecule has 0 saturated heterocycles. The second kappa shape index (κ2) is 7.10. The number of anilines is 1. The summed E-state index contributed by atoms with van der Waals surface area (Å²) >= 11 is 5.87. The van der Waals surface area contributed by atoms with Gasteiger partial charge in [-0.2, -0.15) is 5.26 Å². The van der Waals surface area contributed by atoms with Gasteiger partial charge < -0.3 is 10.1 Å². The summed E-state index contributed by atoms with van der Waals surface area (Å²) in [5.41, 5.74) is 1.42. The molecule has 0 bridgehead atoms. The summed E-state index contributed by atoms with van der Waals surface area (Å²) in [5, 5.41) is 12.7. The van der Waals surface area contributed by atoms with Crippen molar-refractivity contribution in [3.63, 3.8) is 0 Å². The third kappa shape index (κ3) is 4.09. The molecule has 1 aromatic rings. The molecule has 0 radical (unpaired) electrons. The number of hydrogen-bond acceptors (Lipinski definition) is 3. The molecule has 0 aliphatic heterocycles. The molecule has 0 aliphatic carbocycles. The number of halogens is 1. The summed E-state index contributed by atoms with van der Waals surface area (Å²) < 4.78 is 4.96. The first-order valence-electron chi connectivity index (χ1n) is 5.20. The number of nitriles is 1. The van der Waals surface area contributed by atoms with Gasteiger partial charge >= 0.3 is 0 Å². The second-order valence-corrected chi connectivity index (χ2v) is 3.86. The minimum absolute atomic E-state index is 0.621. The summed E-state index contributed by atoms with van der Waals surface area (Å²) in [7, 11) is 1.69. The average molecular weight is 239 g/mol. The van der Waals surface area contributed by atoms with Gasteiger partial charge in [-0.05, 0) is 31.0 Å². The Bertz CT molecular complexity index is 374. The number of ether oxygens (including phenoxy) is 1. The zero-order valence-electron chi connectivity index (χ0n) is 9.29. The van der Waals surface area contributed by atoms with Crippen LogP contribution in [-0.4, -0.2) is 20.3 Å². The van der Waals surface area contributed by atoms with Gasteiger partial charge in [0.2, 0.25) is 0 Å². The lowest BCUT2D eigenvalue weighted by atomic mass is 10.2. The number of nitrogens with one attached hydrogen (secondary N) is 1. The third-order valence-corrected chi connectivity index (χ3v) is 2.43. The first kappa shape index (κ1) is 12.8. The molecule has 0 aliphatic rings. The Hall–Kier alpha value is -1.24. The molecular weight excluding hydrogens is 224 g/mol. The molecule has 0 fully saturated rings. The van der Waals surface area contributed by atoms with E-state index < -0.39 is 0 Å². The smallest absolute Gasteiger partial charge is 0.101 e. The summed E-state index contributed by atoms with van der Waals surface area (Å²) in [6.45, 7) is 1.58. The van der Waals surface area contributed by atoms with Crippen molar-refractivity contribution in [2.45, 2.75) is 12.8 Å². The van der Waals surface area contributed by atoms with E-state index in [9.17, 15) is 0 Å². The lowest BCUT2D eigenvalue weighted by Crippen LogP contribution is -2.04. The molecule has 0 atom stereocenters. The maximum atomic E-state index is 8.90. The molecule has 3 nitrogen and oxygen atoms in total. The lowest BCUT2D eigenvalue weighted by molar-refractivity contribution is 0.194. The molecule has 0 saturated carbocycles. The standard InChI is InChI=1S/C12H15ClN2O/c1-16-7-3-2-6-15-12-8-11(13)5-4-10(12)9-14/h4-5,8,15H,2-3,6-7H2,1H3. The van der Waals surface area contributed by atoms with Crippen molar-refractivity contribution in [3.8, 4) is 6.07 Å². The minimum Gasteiger partial charge on any atom is -0.385 e. The van der Waals surface area contributed by atoms with Crippen LogP contribution in [0.3, 0.4) is 0 Å². The van der Waals surface area contributed by atoms with Crippen molar-refractivity contribution in [2.75, 3.05) is 25.6 Å². The molecule has 0 spiro atoms. The average Bonchev–Trinajstić information content (AvgIpc) is 2.29. The van der Waals surface area contributed by atoms with Gasteiger partial charge in [0.1, 0.15) is 6.07 Å². The van der Waals surface area contributed by atoms with E-state index in [0.717, 1.165) is 31.7 Å². The van der Waals surface area contributed by atoms with E-state index in [0.29, 0.717) is 10.6 Å². The Labute approximate surface area is 101 Å². The van der Waals surface area contributed by atoms with Crippen molar-refractivity contribution < 1.29 is 4.74 Å². The van der Waals surface area contributed by atoms with Crippen LogP contribution < -0.4 is 5.32 Å². The number of unbranched alkanes of at least 4 members (excludes halogenated alkanes) is 1. The molecule has 4 heteroatoms. The SMILES string of the molecule is COCCCCNc1cc(Cl)ccc1C#N. The van der Waals surface area contributed by atoms with Crippen molar-refractivity contribution in [1.82, 2.24) is 0 Å².